The smallest absolute Gasteiger partial charge is 0.248 e. The fourth-order valence-corrected chi connectivity index (χ4v) is 2.07. The van der Waals surface area contributed by atoms with Crippen LogP contribution in [-0.2, 0) is 4.79 Å². The minimum atomic E-state index is -0.495. The van der Waals surface area contributed by atoms with Crippen LogP contribution < -0.4 is 16.4 Å². The molecule has 2 rings (SSSR count). The third-order valence-corrected chi connectivity index (χ3v) is 3.08. The van der Waals surface area contributed by atoms with Crippen LogP contribution >= 0.6 is 0 Å². The van der Waals surface area contributed by atoms with Crippen molar-refractivity contribution < 1.29 is 9.59 Å². The number of benzene rings is 1. The highest BCUT2D eigenvalue weighted by atomic mass is 16.2. The number of amides is 2. The molecule has 0 unspecified atom stereocenters. The Morgan fingerprint density at radius 1 is 1.39 bits per heavy atom. The zero-order chi connectivity index (χ0) is 13.0. The maximum atomic E-state index is 12.0. The van der Waals surface area contributed by atoms with E-state index in [0.717, 1.165) is 19.4 Å². The Morgan fingerprint density at radius 2 is 2.22 bits per heavy atom. The zero-order valence-electron chi connectivity index (χ0n) is 10.1. The van der Waals surface area contributed by atoms with Crippen molar-refractivity contribution in [3.63, 3.8) is 0 Å². The average molecular weight is 247 g/mol. The molecule has 1 aromatic carbocycles. The van der Waals surface area contributed by atoms with Crippen molar-refractivity contribution in [2.75, 3.05) is 18.4 Å². The van der Waals surface area contributed by atoms with Crippen molar-refractivity contribution in [2.45, 2.75) is 12.8 Å². The fraction of sp³-hybridized carbons (Fsp3) is 0.385. The number of carbonyl (C=O) groups excluding carboxylic acids is 2. The summed E-state index contributed by atoms with van der Waals surface area (Å²) in [4.78, 5) is 23.0. The number of rotatable bonds is 3. The summed E-state index contributed by atoms with van der Waals surface area (Å²) in [5.41, 5.74) is 6.21. The van der Waals surface area contributed by atoms with Gasteiger partial charge in [0.1, 0.15) is 0 Å². The molecule has 96 valence electrons. The van der Waals surface area contributed by atoms with E-state index in [9.17, 15) is 9.59 Å². The summed E-state index contributed by atoms with van der Waals surface area (Å²) in [5, 5.41) is 6.02. The predicted octanol–water partition coefficient (Wildman–Crippen LogP) is 0.724. The molecular weight excluding hydrogens is 230 g/mol. The molecule has 0 saturated carbocycles. The minimum absolute atomic E-state index is 0.00372. The monoisotopic (exact) mass is 247 g/mol. The van der Waals surface area contributed by atoms with Crippen molar-refractivity contribution in [3.05, 3.63) is 29.8 Å². The molecule has 5 heteroatoms. The zero-order valence-corrected chi connectivity index (χ0v) is 10.1. The summed E-state index contributed by atoms with van der Waals surface area (Å²) in [5.74, 6) is -0.509. The quantitative estimate of drug-likeness (QED) is 0.736. The molecule has 5 nitrogen and oxygen atoms in total. The van der Waals surface area contributed by atoms with Gasteiger partial charge in [-0.25, -0.2) is 0 Å². The Morgan fingerprint density at radius 3 is 2.89 bits per heavy atom. The molecule has 1 atom stereocenters. The number of piperidine rings is 1. The SMILES string of the molecule is NC(=O)c1cccc(NC(=O)[C@@H]2CCCNC2)c1. The van der Waals surface area contributed by atoms with Gasteiger partial charge in [0.2, 0.25) is 11.8 Å². The highest BCUT2D eigenvalue weighted by Crippen LogP contribution is 2.15. The normalized spacial score (nSPS) is 19.2. The number of primary amides is 1. The van der Waals surface area contributed by atoms with Crippen LogP contribution in [0.25, 0.3) is 0 Å². The van der Waals surface area contributed by atoms with Crippen molar-refractivity contribution in [3.8, 4) is 0 Å². The van der Waals surface area contributed by atoms with Crippen LogP contribution in [-0.4, -0.2) is 24.9 Å². The lowest BCUT2D eigenvalue weighted by Gasteiger charge is -2.21. The van der Waals surface area contributed by atoms with E-state index in [1.165, 1.54) is 0 Å². The number of nitrogens with one attached hydrogen (secondary N) is 2. The van der Waals surface area contributed by atoms with Crippen LogP contribution in [0, 0.1) is 5.92 Å². The van der Waals surface area contributed by atoms with Crippen molar-refractivity contribution >= 4 is 17.5 Å². The van der Waals surface area contributed by atoms with Crippen LogP contribution in [0.2, 0.25) is 0 Å². The molecule has 1 aliphatic heterocycles. The van der Waals surface area contributed by atoms with Gasteiger partial charge in [0.15, 0.2) is 0 Å². The second-order valence-electron chi connectivity index (χ2n) is 4.48. The van der Waals surface area contributed by atoms with Gasteiger partial charge in [-0.2, -0.15) is 0 Å². The van der Waals surface area contributed by atoms with E-state index in [2.05, 4.69) is 10.6 Å². The molecule has 0 aromatic heterocycles. The van der Waals surface area contributed by atoms with Crippen LogP contribution in [0.5, 0.6) is 0 Å². The topological polar surface area (TPSA) is 84.2 Å². The Kier molecular flexibility index (Phi) is 3.94. The molecule has 0 radical (unpaired) electrons. The number of hydrogen-bond acceptors (Lipinski definition) is 3. The summed E-state index contributed by atoms with van der Waals surface area (Å²) in [6, 6.07) is 6.67. The first-order valence-electron chi connectivity index (χ1n) is 6.08. The first-order chi connectivity index (χ1) is 8.66. The summed E-state index contributed by atoms with van der Waals surface area (Å²) in [6.07, 6.45) is 1.91. The van der Waals surface area contributed by atoms with Gasteiger partial charge >= 0.3 is 0 Å². The third-order valence-electron chi connectivity index (χ3n) is 3.08. The van der Waals surface area contributed by atoms with Gasteiger partial charge in [-0.15, -0.1) is 0 Å². The van der Waals surface area contributed by atoms with Gasteiger partial charge in [0.25, 0.3) is 0 Å². The van der Waals surface area contributed by atoms with E-state index < -0.39 is 5.91 Å². The lowest BCUT2D eigenvalue weighted by molar-refractivity contribution is -0.120. The molecule has 1 aliphatic rings. The molecule has 0 bridgehead atoms. The molecular formula is C13H17N3O2. The lowest BCUT2D eigenvalue weighted by atomic mass is 9.99. The lowest BCUT2D eigenvalue weighted by Crippen LogP contribution is -2.37. The molecule has 4 N–H and O–H groups in total. The van der Waals surface area contributed by atoms with Crippen molar-refractivity contribution in [2.24, 2.45) is 11.7 Å². The van der Waals surface area contributed by atoms with Crippen LogP contribution in [0.1, 0.15) is 23.2 Å². The molecule has 1 fully saturated rings. The standard InChI is InChI=1S/C13H17N3O2/c14-12(17)9-3-1-5-11(7-9)16-13(18)10-4-2-6-15-8-10/h1,3,5,7,10,15H,2,4,6,8H2,(H2,14,17)(H,16,18)/t10-/m1/s1. The Hall–Kier alpha value is -1.88. The van der Waals surface area contributed by atoms with Gasteiger partial charge < -0.3 is 16.4 Å². The number of anilines is 1. The first-order valence-corrected chi connectivity index (χ1v) is 6.08. The number of carbonyl (C=O) groups is 2. The summed E-state index contributed by atoms with van der Waals surface area (Å²) >= 11 is 0. The highest BCUT2D eigenvalue weighted by molar-refractivity contribution is 5.96. The van der Waals surface area contributed by atoms with Gasteiger partial charge in [0, 0.05) is 17.8 Å². The molecule has 1 heterocycles. The van der Waals surface area contributed by atoms with Gasteiger partial charge in [-0.05, 0) is 37.6 Å². The fourth-order valence-electron chi connectivity index (χ4n) is 2.07. The molecule has 1 saturated heterocycles. The van der Waals surface area contributed by atoms with E-state index in [4.69, 9.17) is 5.73 Å². The second kappa shape index (κ2) is 5.64. The Labute approximate surface area is 106 Å². The van der Waals surface area contributed by atoms with Crippen LogP contribution in [0.3, 0.4) is 0 Å². The minimum Gasteiger partial charge on any atom is -0.366 e. The summed E-state index contributed by atoms with van der Waals surface area (Å²) in [6.45, 7) is 1.68. The van der Waals surface area contributed by atoms with Crippen molar-refractivity contribution in [1.82, 2.24) is 5.32 Å². The largest absolute Gasteiger partial charge is 0.366 e. The molecule has 1 aromatic rings. The third kappa shape index (κ3) is 3.07. The Bertz CT molecular complexity index is 453. The van der Waals surface area contributed by atoms with Gasteiger partial charge in [-0.3, -0.25) is 9.59 Å². The Balaban J connectivity index is 2.02. The first kappa shape index (κ1) is 12.6. The summed E-state index contributed by atoms with van der Waals surface area (Å²) in [7, 11) is 0. The van der Waals surface area contributed by atoms with E-state index in [1.807, 2.05) is 0 Å². The van der Waals surface area contributed by atoms with E-state index in [0.29, 0.717) is 17.8 Å². The highest BCUT2D eigenvalue weighted by Gasteiger charge is 2.20. The van der Waals surface area contributed by atoms with Gasteiger partial charge in [-0.1, -0.05) is 6.07 Å². The molecule has 18 heavy (non-hydrogen) atoms. The molecule has 0 aliphatic carbocycles. The maximum Gasteiger partial charge on any atom is 0.248 e. The molecule has 0 spiro atoms. The number of nitrogens with two attached hydrogens (primary N) is 1. The second-order valence-corrected chi connectivity index (χ2v) is 4.48. The molecule has 2 amide bonds. The van der Waals surface area contributed by atoms with Crippen molar-refractivity contribution in [1.29, 1.82) is 0 Å². The van der Waals surface area contributed by atoms with Crippen LogP contribution in [0.15, 0.2) is 24.3 Å². The maximum absolute atomic E-state index is 12.0. The number of hydrogen-bond donors (Lipinski definition) is 3. The van der Waals surface area contributed by atoms with E-state index in [-0.39, 0.29) is 11.8 Å². The average Bonchev–Trinajstić information content (AvgIpc) is 2.40. The van der Waals surface area contributed by atoms with E-state index >= 15 is 0 Å². The van der Waals surface area contributed by atoms with E-state index in [1.54, 1.807) is 24.3 Å². The summed E-state index contributed by atoms with van der Waals surface area (Å²) < 4.78 is 0. The van der Waals surface area contributed by atoms with Gasteiger partial charge in [0.05, 0.1) is 5.92 Å². The van der Waals surface area contributed by atoms with Crippen LogP contribution in [0.4, 0.5) is 5.69 Å². The predicted molar refractivity (Wildman–Crippen MR) is 69.2 cm³/mol.